The second-order valence-corrected chi connectivity index (χ2v) is 4.95. The van der Waals surface area contributed by atoms with Gasteiger partial charge in [-0.15, -0.1) is 0 Å². The molecule has 24 heavy (non-hydrogen) atoms. The highest BCUT2D eigenvalue weighted by Crippen LogP contribution is 2.27. The molecule has 5 heteroatoms. The fourth-order valence-corrected chi connectivity index (χ4v) is 2.15. The zero-order valence-electron chi connectivity index (χ0n) is 12.7. The van der Waals surface area contributed by atoms with Crippen LogP contribution in [0.3, 0.4) is 0 Å². The first-order valence-electron chi connectivity index (χ1n) is 7.34. The Balaban J connectivity index is 2.04. The third-order valence-corrected chi connectivity index (χ3v) is 3.28. The molecule has 0 aromatic heterocycles. The van der Waals surface area contributed by atoms with Gasteiger partial charge in [0, 0.05) is 11.6 Å². The summed E-state index contributed by atoms with van der Waals surface area (Å²) < 4.78 is 5.81. The molecule has 118 valence electrons. The number of nitrogens with zero attached hydrogens (tertiary/aromatic N) is 2. The number of nitro groups is 1. The summed E-state index contributed by atoms with van der Waals surface area (Å²) in [5.74, 6) is 0.456. The molecule has 0 unspecified atom stereocenters. The Morgan fingerprint density at radius 2 is 1.42 bits per heavy atom. The van der Waals surface area contributed by atoms with E-state index in [2.05, 4.69) is 4.99 Å². The molecule has 0 fully saturated rings. The zero-order chi connectivity index (χ0) is 16.8. The van der Waals surface area contributed by atoms with Crippen LogP contribution in [0.25, 0.3) is 0 Å². The molecule has 3 aromatic carbocycles. The summed E-state index contributed by atoms with van der Waals surface area (Å²) in [5, 5.41) is 11.2. The number of hydrogen-bond donors (Lipinski definition) is 0. The van der Waals surface area contributed by atoms with Crippen molar-refractivity contribution in [1.29, 1.82) is 0 Å². The molecule has 3 rings (SSSR count). The van der Waals surface area contributed by atoms with E-state index in [1.165, 1.54) is 6.07 Å². The number of aliphatic imine (C=N–C) groups is 1. The van der Waals surface area contributed by atoms with Gasteiger partial charge in [0.25, 0.3) is 0 Å². The summed E-state index contributed by atoms with van der Waals surface area (Å²) in [7, 11) is 0. The van der Waals surface area contributed by atoms with Gasteiger partial charge in [0.05, 0.1) is 10.6 Å². The quantitative estimate of drug-likeness (QED) is 0.302. The Morgan fingerprint density at radius 1 is 0.833 bits per heavy atom. The number of benzene rings is 3. The van der Waals surface area contributed by atoms with Crippen LogP contribution in [0, 0.1) is 10.1 Å². The summed E-state index contributed by atoms with van der Waals surface area (Å²) >= 11 is 0. The number of para-hydroxylation sites is 3. The van der Waals surface area contributed by atoms with Crippen molar-refractivity contribution in [3.63, 3.8) is 0 Å². The maximum absolute atomic E-state index is 11.2. The van der Waals surface area contributed by atoms with Gasteiger partial charge in [-0.05, 0) is 30.3 Å². The Morgan fingerprint density at radius 3 is 2.08 bits per heavy atom. The van der Waals surface area contributed by atoms with Crippen LogP contribution in [0.5, 0.6) is 5.75 Å². The van der Waals surface area contributed by atoms with Crippen molar-refractivity contribution in [2.45, 2.75) is 0 Å². The molecule has 0 N–H and O–H groups in total. The van der Waals surface area contributed by atoms with Crippen molar-refractivity contribution in [3.8, 4) is 5.75 Å². The van der Waals surface area contributed by atoms with Gasteiger partial charge in [-0.25, -0.2) is 4.99 Å². The minimum atomic E-state index is -0.472. The molecule has 0 radical (unpaired) electrons. The topological polar surface area (TPSA) is 64.7 Å². The van der Waals surface area contributed by atoms with Crippen LogP contribution in [-0.4, -0.2) is 10.8 Å². The van der Waals surface area contributed by atoms with E-state index in [9.17, 15) is 10.1 Å². The molecule has 3 aromatic rings. The van der Waals surface area contributed by atoms with Gasteiger partial charge in [-0.1, -0.05) is 48.5 Å². The largest absolute Gasteiger partial charge is 0.431 e. The second kappa shape index (κ2) is 7.19. The maximum Gasteiger partial charge on any atom is 0.311 e. The summed E-state index contributed by atoms with van der Waals surface area (Å²) in [4.78, 5) is 15.2. The van der Waals surface area contributed by atoms with E-state index in [1.54, 1.807) is 18.2 Å². The van der Waals surface area contributed by atoms with Crippen LogP contribution in [-0.2, 0) is 0 Å². The Kier molecular flexibility index (Phi) is 4.62. The third-order valence-electron chi connectivity index (χ3n) is 3.28. The van der Waals surface area contributed by atoms with Crippen LogP contribution in [0.2, 0.25) is 0 Å². The molecule has 0 aliphatic rings. The SMILES string of the molecule is O=[N+]([O-])c1ccccc1OC(=Nc1ccccc1)c1ccccc1. The molecular weight excluding hydrogens is 304 g/mol. The lowest BCUT2D eigenvalue weighted by molar-refractivity contribution is -0.385. The van der Waals surface area contributed by atoms with E-state index < -0.39 is 4.92 Å². The van der Waals surface area contributed by atoms with Crippen molar-refractivity contribution in [2.75, 3.05) is 0 Å². The molecule has 0 saturated carbocycles. The first-order valence-corrected chi connectivity index (χ1v) is 7.34. The van der Waals surface area contributed by atoms with Crippen LogP contribution in [0.1, 0.15) is 5.56 Å². The molecule has 0 spiro atoms. The number of nitro benzene ring substituents is 1. The van der Waals surface area contributed by atoms with Gasteiger partial charge in [0.15, 0.2) is 0 Å². The van der Waals surface area contributed by atoms with Crippen LogP contribution in [0.4, 0.5) is 11.4 Å². The molecule has 5 nitrogen and oxygen atoms in total. The molecule has 0 aliphatic carbocycles. The Labute approximate surface area is 139 Å². The predicted molar refractivity (Wildman–Crippen MR) is 92.8 cm³/mol. The predicted octanol–water partition coefficient (Wildman–Crippen LogP) is 4.75. The molecule has 0 atom stereocenters. The molecule has 0 amide bonds. The number of ether oxygens (including phenoxy) is 1. The number of hydrogen-bond acceptors (Lipinski definition) is 4. The van der Waals surface area contributed by atoms with E-state index in [0.29, 0.717) is 11.6 Å². The van der Waals surface area contributed by atoms with Crippen molar-refractivity contribution < 1.29 is 9.66 Å². The molecule has 0 heterocycles. The third kappa shape index (κ3) is 3.64. The molecule has 0 bridgehead atoms. The van der Waals surface area contributed by atoms with Gasteiger partial charge < -0.3 is 4.74 Å². The minimum Gasteiger partial charge on any atom is -0.431 e. The van der Waals surface area contributed by atoms with Crippen molar-refractivity contribution in [3.05, 3.63) is 101 Å². The van der Waals surface area contributed by atoms with E-state index in [4.69, 9.17) is 4.74 Å². The van der Waals surface area contributed by atoms with Gasteiger partial charge in [0.2, 0.25) is 11.6 Å². The van der Waals surface area contributed by atoms with E-state index in [1.807, 2.05) is 60.7 Å². The van der Waals surface area contributed by atoms with Gasteiger partial charge in [0.1, 0.15) is 0 Å². The monoisotopic (exact) mass is 318 g/mol. The van der Waals surface area contributed by atoms with Crippen molar-refractivity contribution in [2.24, 2.45) is 4.99 Å². The fourth-order valence-electron chi connectivity index (χ4n) is 2.15. The number of rotatable bonds is 4. The summed E-state index contributed by atoms with van der Waals surface area (Å²) in [6.07, 6.45) is 0. The van der Waals surface area contributed by atoms with Crippen molar-refractivity contribution >= 4 is 17.3 Å². The summed E-state index contributed by atoms with van der Waals surface area (Å²) in [5.41, 5.74) is 1.34. The van der Waals surface area contributed by atoms with Gasteiger partial charge in [-0.2, -0.15) is 0 Å². The van der Waals surface area contributed by atoms with E-state index in [-0.39, 0.29) is 11.4 Å². The fraction of sp³-hybridized carbons (Fsp3) is 0. The summed E-state index contributed by atoms with van der Waals surface area (Å²) in [6.45, 7) is 0. The molecule has 0 aliphatic heterocycles. The first kappa shape index (κ1) is 15.4. The Bertz CT molecular complexity index is 862. The van der Waals surface area contributed by atoms with Gasteiger partial charge in [-0.3, -0.25) is 10.1 Å². The van der Waals surface area contributed by atoms with Gasteiger partial charge >= 0.3 is 5.69 Å². The highest BCUT2D eigenvalue weighted by Gasteiger charge is 2.17. The standard InChI is InChI=1S/C19H14N2O3/c22-21(23)17-13-7-8-14-18(17)24-19(15-9-3-1-4-10-15)20-16-11-5-2-6-12-16/h1-14H. The Hall–Kier alpha value is -3.47. The molecular formula is C19H14N2O3. The highest BCUT2D eigenvalue weighted by molar-refractivity contribution is 5.97. The highest BCUT2D eigenvalue weighted by atomic mass is 16.6. The second-order valence-electron chi connectivity index (χ2n) is 4.95. The lowest BCUT2D eigenvalue weighted by Gasteiger charge is -2.09. The normalized spacial score (nSPS) is 11.1. The molecule has 0 saturated heterocycles. The lowest BCUT2D eigenvalue weighted by atomic mass is 10.2. The smallest absolute Gasteiger partial charge is 0.311 e. The summed E-state index contributed by atoms with van der Waals surface area (Å²) in [6, 6.07) is 24.8. The van der Waals surface area contributed by atoms with E-state index in [0.717, 1.165) is 5.56 Å². The average molecular weight is 318 g/mol. The van der Waals surface area contributed by atoms with Crippen LogP contribution in [0.15, 0.2) is 89.9 Å². The first-order chi connectivity index (χ1) is 11.7. The van der Waals surface area contributed by atoms with Crippen LogP contribution < -0.4 is 4.74 Å². The van der Waals surface area contributed by atoms with Crippen LogP contribution >= 0.6 is 0 Å². The lowest BCUT2D eigenvalue weighted by Crippen LogP contribution is -2.11. The average Bonchev–Trinajstić information content (AvgIpc) is 2.63. The van der Waals surface area contributed by atoms with E-state index >= 15 is 0 Å². The maximum atomic E-state index is 11.2. The zero-order valence-corrected chi connectivity index (χ0v) is 12.7. The minimum absolute atomic E-state index is 0.103. The van der Waals surface area contributed by atoms with Crippen molar-refractivity contribution in [1.82, 2.24) is 0 Å².